The van der Waals surface area contributed by atoms with Crippen LogP contribution in [0.2, 0.25) is 0 Å². The average molecular weight is 904 g/mol. The summed E-state index contributed by atoms with van der Waals surface area (Å²) >= 11 is 13.1. The summed E-state index contributed by atoms with van der Waals surface area (Å²) in [5.41, 5.74) is 1.35. The van der Waals surface area contributed by atoms with Gasteiger partial charge in [0.05, 0.1) is 29.3 Å². The van der Waals surface area contributed by atoms with Gasteiger partial charge in [0, 0.05) is 80.4 Å². The maximum Gasteiger partial charge on any atom is 0.339 e. The van der Waals surface area contributed by atoms with Crippen molar-refractivity contribution < 1.29 is 62.3 Å². The summed E-state index contributed by atoms with van der Waals surface area (Å²) in [4.78, 5) is 83.1. The quantitative estimate of drug-likeness (QED) is 0.112. The standard InChI is InChI=1S/C46H44Cl2N2O13/c1-22(51)59-37-38(60-23(2)52)40(61-24(3)53)42(63-39(37)41(55)58-4)62-34-14-32-36(30-12-8-6-10-28(30)34)26(16-48)18-50(32)44(57)46-19-45(20-46,21-46)43(56)49-17-25(15-47)35-29-11-7-5-9-27(29)33(54)13-31(35)49/h5-14,25-26,37-40,42,54H,15-21H2,1-4H3/t25-,26-,37+,38+,39+,40-,42-,45?,46?/m1/s1. The van der Waals surface area contributed by atoms with E-state index in [1.54, 1.807) is 34.1 Å². The van der Waals surface area contributed by atoms with Crippen LogP contribution in [0, 0.1) is 10.8 Å². The topological polar surface area (TPSA) is 185 Å². The van der Waals surface area contributed by atoms with Crippen molar-refractivity contribution in [2.45, 2.75) is 82.6 Å². The fraction of sp³-hybridized carbons (Fsp3) is 0.435. The molecule has 1 saturated heterocycles. The molecular formula is C46H44Cl2N2O13. The zero-order valence-electron chi connectivity index (χ0n) is 34.8. The number of methoxy groups -OCH3 is 1. The monoisotopic (exact) mass is 902 g/mol. The fourth-order valence-corrected chi connectivity index (χ4v) is 11.2. The van der Waals surface area contributed by atoms with Crippen molar-refractivity contribution in [3.05, 3.63) is 71.8 Å². The SMILES string of the molecule is COC(=O)[C@H]1O[C@@H](Oc2cc3c(c4ccccc24)[C@H](CCl)CN3C(=O)C23CC(C(=O)N4C[C@@H](CCl)c5c4cc(O)c4ccccc54)(C2)C3)[C@H](OC(C)=O)[C@@H](OC(C)=O)[C@@H]1OC(C)=O. The molecule has 63 heavy (non-hydrogen) atoms. The zero-order chi connectivity index (χ0) is 44.7. The predicted molar refractivity (Wildman–Crippen MR) is 228 cm³/mol. The lowest BCUT2D eigenvalue weighted by Gasteiger charge is -2.69. The van der Waals surface area contributed by atoms with Crippen LogP contribution in [0.1, 0.15) is 63.0 Å². The van der Waals surface area contributed by atoms with Gasteiger partial charge in [0.1, 0.15) is 11.5 Å². The number of hydrogen-bond acceptors (Lipinski definition) is 13. The molecule has 0 aromatic heterocycles. The second-order valence-corrected chi connectivity index (χ2v) is 17.8. The number of benzene rings is 4. The summed E-state index contributed by atoms with van der Waals surface area (Å²) in [5, 5.41) is 13.8. The Morgan fingerprint density at radius 3 is 1.65 bits per heavy atom. The molecule has 3 heterocycles. The number of halogens is 2. The minimum Gasteiger partial charge on any atom is -0.507 e. The van der Waals surface area contributed by atoms with Crippen molar-refractivity contribution in [2.24, 2.45) is 10.8 Å². The first-order valence-corrected chi connectivity index (χ1v) is 21.7. The molecule has 1 N–H and O–H groups in total. The van der Waals surface area contributed by atoms with Gasteiger partial charge in [-0.15, -0.1) is 23.2 Å². The van der Waals surface area contributed by atoms with Gasteiger partial charge in [-0.05, 0) is 41.2 Å². The van der Waals surface area contributed by atoms with Crippen LogP contribution in [0.15, 0.2) is 60.7 Å². The van der Waals surface area contributed by atoms with Crippen molar-refractivity contribution in [1.29, 1.82) is 0 Å². The van der Waals surface area contributed by atoms with Crippen LogP contribution in [-0.4, -0.2) is 103 Å². The lowest BCUT2D eigenvalue weighted by molar-refractivity contribution is -0.282. The molecule has 0 spiro atoms. The molecule has 0 radical (unpaired) electrons. The van der Waals surface area contributed by atoms with Gasteiger partial charge >= 0.3 is 23.9 Å². The number of carbonyl (C=O) groups is 6. The molecule has 3 aliphatic carbocycles. The van der Waals surface area contributed by atoms with E-state index in [-0.39, 0.29) is 47.6 Å². The molecule has 0 unspecified atom stereocenters. The van der Waals surface area contributed by atoms with Gasteiger partial charge in [-0.2, -0.15) is 0 Å². The average Bonchev–Trinajstić information content (AvgIpc) is 3.79. The highest BCUT2D eigenvalue weighted by Crippen LogP contribution is 2.75. The molecule has 330 valence electrons. The number of phenolic OH excluding ortho intramolecular Hbond substituents is 1. The fourth-order valence-electron chi connectivity index (χ4n) is 10.7. The molecule has 2 amide bonds. The Bertz CT molecular complexity index is 2600. The Hall–Kier alpha value is -5.64. The summed E-state index contributed by atoms with van der Waals surface area (Å²) in [5.74, 6) is -3.40. The molecule has 3 aliphatic heterocycles. The summed E-state index contributed by atoms with van der Waals surface area (Å²) in [6, 6.07) is 18.1. The van der Waals surface area contributed by atoms with Gasteiger partial charge in [-0.3, -0.25) is 24.0 Å². The van der Waals surface area contributed by atoms with Gasteiger partial charge in [0.2, 0.25) is 24.2 Å². The molecule has 17 heteroatoms. The van der Waals surface area contributed by atoms with E-state index in [0.717, 1.165) is 44.4 Å². The maximum atomic E-state index is 14.9. The van der Waals surface area contributed by atoms with Crippen molar-refractivity contribution in [3.63, 3.8) is 0 Å². The second kappa shape index (κ2) is 15.9. The molecule has 4 fully saturated rings. The molecule has 15 nitrogen and oxygen atoms in total. The smallest absolute Gasteiger partial charge is 0.339 e. The van der Waals surface area contributed by atoms with E-state index in [9.17, 15) is 33.9 Å². The number of alkyl halides is 2. The summed E-state index contributed by atoms with van der Waals surface area (Å²) in [6.45, 7) is 3.93. The van der Waals surface area contributed by atoms with Crippen LogP contribution in [0.4, 0.5) is 11.4 Å². The second-order valence-electron chi connectivity index (χ2n) is 17.1. The van der Waals surface area contributed by atoms with Crippen LogP contribution < -0.4 is 14.5 Å². The minimum atomic E-state index is -1.68. The zero-order valence-corrected chi connectivity index (χ0v) is 36.3. The molecular weight excluding hydrogens is 859 g/mol. The van der Waals surface area contributed by atoms with Crippen molar-refractivity contribution in [2.75, 3.05) is 41.8 Å². The third-order valence-electron chi connectivity index (χ3n) is 13.2. The van der Waals surface area contributed by atoms with E-state index in [1.165, 1.54) is 0 Å². The number of nitrogens with zero attached hydrogens (tertiary/aromatic N) is 2. The van der Waals surface area contributed by atoms with E-state index in [4.69, 9.17) is 51.6 Å². The van der Waals surface area contributed by atoms with Gasteiger partial charge in [0.15, 0.2) is 18.3 Å². The number of anilines is 2. The number of fused-ring (bicyclic) bond motifs is 6. The number of esters is 4. The number of phenols is 1. The maximum absolute atomic E-state index is 14.9. The minimum absolute atomic E-state index is 0.0784. The molecule has 3 saturated carbocycles. The predicted octanol–water partition coefficient (Wildman–Crippen LogP) is 5.98. The van der Waals surface area contributed by atoms with Gasteiger partial charge in [-0.25, -0.2) is 4.79 Å². The molecule has 4 aromatic carbocycles. The number of aromatic hydroxyl groups is 1. The van der Waals surface area contributed by atoms with Gasteiger partial charge in [0.25, 0.3) is 0 Å². The van der Waals surface area contributed by atoms with E-state index in [2.05, 4.69) is 0 Å². The van der Waals surface area contributed by atoms with Crippen LogP contribution in [0.25, 0.3) is 21.5 Å². The molecule has 4 aromatic rings. The Kier molecular flexibility index (Phi) is 10.7. The first-order valence-electron chi connectivity index (χ1n) is 20.6. The number of ether oxygens (including phenoxy) is 6. The van der Waals surface area contributed by atoms with Crippen molar-refractivity contribution in [3.8, 4) is 11.5 Å². The third kappa shape index (κ3) is 6.81. The van der Waals surface area contributed by atoms with Crippen LogP contribution in [0.3, 0.4) is 0 Å². The molecule has 6 aliphatic rings. The summed E-state index contributed by atoms with van der Waals surface area (Å²) in [6.07, 6.45) is -7.00. The van der Waals surface area contributed by atoms with Crippen molar-refractivity contribution in [1.82, 2.24) is 0 Å². The van der Waals surface area contributed by atoms with Crippen molar-refractivity contribution >= 4 is 91.8 Å². The Labute approximate surface area is 371 Å². The van der Waals surface area contributed by atoms with E-state index in [1.807, 2.05) is 36.4 Å². The number of carbonyl (C=O) groups excluding carboxylic acids is 6. The molecule has 2 bridgehead atoms. The molecule has 10 rings (SSSR count). The number of hydrogen-bond donors (Lipinski definition) is 1. The van der Waals surface area contributed by atoms with E-state index < -0.39 is 65.4 Å². The van der Waals surface area contributed by atoms with Crippen LogP contribution >= 0.6 is 23.2 Å². The Morgan fingerprint density at radius 1 is 0.683 bits per heavy atom. The summed E-state index contributed by atoms with van der Waals surface area (Å²) < 4.78 is 34.1. The molecule has 7 atom stereocenters. The number of amides is 2. The highest BCUT2D eigenvalue weighted by molar-refractivity contribution is 6.20. The Balaban J connectivity index is 1.03. The first-order chi connectivity index (χ1) is 30.1. The third-order valence-corrected chi connectivity index (χ3v) is 13.9. The van der Waals surface area contributed by atoms with Gasteiger partial charge < -0.3 is 43.3 Å². The summed E-state index contributed by atoms with van der Waals surface area (Å²) in [7, 11) is 1.09. The normalized spacial score (nSPS) is 28.9. The Morgan fingerprint density at radius 2 is 1.14 bits per heavy atom. The number of rotatable bonds is 10. The van der Waals surface area contributed by atoms with Crippen LogP contribution in [0.5, 0.6) is 11.5 Å². The lowest BCUT2D eigenvalue weighted by atomic mass is 9.34. The highest BCUT2D eigenvalue weighted by Gasteiger charge is 2.76. The largest absolute Gasteiger partial charge is 0.507 e. The highest BCUT2D eigenvalue weighted by atomic mass is 35.5. The van der Waals surface area contributed by atoms with Crippen LogP contribution in [-0.2, 0) is 52.5 Å². The lowest BCUT2D eigenvalue weighted by Crippen LogP contribution is -2.73. The van der Waals surface area contributed by atoms with E-state index in [0.29, 0.717) is 59.2 Å². The first kappa shape index (κ1) is 42.7. The van der Waals surface area contributed by atoms with Gasteiger partial charge in [-0.1, -0.05) is 48.5 Å². The van der Waals surface area contributed by atoms with E-state index >= 15 is 0 Å².